The highest BCUT2D eigenvalue weighted by Crippen LogP contribution is 2.32. The van der Waals surface area contributed by atoms with Crippen molar-refractivity contribution in [2.24, 2.45) is 0 Å². The molecule has 1 aliphatic heterocycles. The molecule has 3 N–H and O–H groups in total. The molecule has 0 spiro atoms. The fourth-order valence-electron chi connectivity index (χ4n) is 1.94. The normalized spacial score (nSPS) is 16.2. The maximum atomic E-state index is 11.7. The van der Waals surface area contributed by atoms with E-state index in [-0.39, 0.29) is 5.91 Å². The van der Waals surface area contributed by atoms with Crippen LogP contribution in [0.25, 0.3) is 0 Å². The quantitative estimate of drug-likeness (QED) is 0.811. The van der Waals surface area contributed by atoms with E-state index in [4.69, 9.17) is 5.73 Å². The molecule has 0 radical (unpaired) electrons. The fourth-order valence-corrected chi connectivity index (χ4v) is 2.81. The molecule has 6 heteroatoms. The van der Waals surface area contributed by atoms with E-state index >= 15 is 0 Å². The molecular weight excluding hydrogens is 224 g/mol. The summed E-state index contributed by atoms with van der Waals surface area (Å²) in [5.41, 5.74) is 6.27. The number of rotatable bonds is 2. The Kier molecular flexibility index (Phi) is 3.28. The number of piperidine rings is 1. The molecule has 0 aliphatic carbocycles. The number of nitrogens with two attached hydrogens (primary N) is 1. The van der Waals surface area contributed by atoms with Gasteiger partial charge in [-0.2, -0.15) is 4.37 Å². The van der Waals surface area contributed by atoms with Crippen molar-refractivity contribution in [3.63, 3.8) is 0 Å². The van der Waals surface area contributed by atoms with E-state index in [0.717, 1.165) is 18.1 Å². The molecule has 1 aromatic heterocycles. The van der Waals surface area contributed by atoms with E-state index in [1.54, 1.807) is 7.05 Å². The third kappa shape index (κ3) is 1.97. The second-order valence-corrected chi connectivity index (χ2v) is 4.63. The summed E-state index contributed by atoms with van der Waals surface area (Å²) in [6.07, 6.45) is 3.61. The lowest BCUT2D eigenvalue weighted by Gasteiger charge is -2.27. The Balaban J connectivity index is 2.29. The van der Waals surface area contributed by atoms with Gasteiger partial charge in [0.2, 0.25) is 0 Å². The number of carbonyl (C=O) groups excluding carboxylic acids is 1. The van der Waals surface area contributed by atoms with Crippen molar-refractivity contribution >= 4 is 28.3 Å². The van der Waals surface area contributed by atoms with Crippen LogP contribution in [0, 0.1) is 0 Å². The van der Waals surface area contributed by atoms with Gasteiger partial charge < -0.3 is 16.0 Å². The van der Waals surface area contributed by atoms with Gasteiger partial charge in [-0.15, -0.1) is 0 Å². The lowest BCUT2D eigenvalue weighted by atomic mass is 10.1. The number of hydrogen-bond acceptors (Lipinski definition) is 5. The summed E-state index contributed by atoms with van der Waals surface area (Å²) in [5.74, 6) is 0.191. The fraction of sp³-hybridized carbons (Fsp3) is 0.600. The van der Waals surface area contributed by atoms with Gasteiger partial charge in [0.25, 0.3) is 5.91 Å². The van der Waals surface area contributed by atoms with Crippen LogP contribution in [0.3, 0.4) is 0 Å². The van der Waals surface area contributed by atoms with Gasteiger partial charge in [0, 0.05) is 20.1 Å². The van der Waals surface area contributed by atoms with Gasteiger partial charge in [-0.25, -0.2) is 0 Å². The van der Waals surface area contributed by atoms with Gasteiger partial charge >= 0.3 is 0 Å². The highest BCUT2D eigenvalue weighted by atomic mass is 32.1. The number of anilines is 2. The summed E-state index contributed by atoms with van der Waals surface area (Å²) in [6, 6.07) is 0. The van der Waals surface area contributed by atoms with Crippen LogP contribution in [0.1, 0.15) is 29.6 Å². The molecule has 0 atom stereocenters. The van der Waals surface area contributed by atoms with Crippen LogP contribution in [0.5, 0.6) is 0 Å². The highest BCUT2D eigenvalue weighted by Gasteiger charge is 2.23. The van der Waals surface area contributed by atoms with Crippen molar-refractivity contribution in [1.82, 2.24) is 9.69 Å². The zero-order valence-electron chi connectivity index (χ0n) is 9.32. The first-order valence-corrected chi connectivity index (χ1v) is 6.23. The Morgan fingerprint density at radius 2 is 2.12 bits per heavy atom. The van der Waals surface area contributed by atoms with E-state index < -0.39 is 0 Å². The summed E-state index contributed by atoms with van der Waals surface area (Å²) >= 11 is 1.32. The number of nitrogen functional groups attached to an aromatic ring is 1. The monoisotopic (exact) mass is 240 g/mol. The van der Waals surface area contributed by atoms with Crippen molar-refractivity contribution in [3.8, 4) is 0 Å². The molecule has 5 nitrogen and oxygen atoms in total. The molecule has 1 saturated heterocycles. The number of nitrogens with one attached hydrogen (secondary N) is 1. The number of hydrogen-bond donors (Lipinski definition) is 2. The van der Waals surface area contributed by atoms with Gasteiger partial charge in [-0.1, -0.05) is 0 Å². The van der Waals surface area contributed by atoms with E-state index in [1.165, 1.54) is 30.8 Å². The molecule has 1 aliphatic rings. The van der Waals surface area contributed by atoms with Crippen LogP contribution in [-0.2, 0) is 0 Å². The largest absolute Gasteiger partial charge is 0.382 e. The summed E-state index contributed by atoms with van der Waals surface area (Å²) in [4.78, 5) is 13.9. The Morgan fingerprint density at radius 3 is 2.75 bits per heavy atom. The van der Waals surface area contributed by atoms with Crippen LogP contribution in [0.15, 0.2) is 0 Å². The first kappa shape index (κ1) is 11.2. The van der Waals surface area contributed by atoms with E-state index in [2.05, 4.69) is 14.6 Å². The molecule has 0 aromatic carbocycles. The first-order chi connectivity index (χ1) is 7.74. The molecule has 0 unspecified atom stereocenters. The van der Waals surface area contributed by atoms with Gasteiger partial charge in [0.1, 0.15) is 10.6 Å². The first-order valence-electron chi connectivity index (χ1n) is 5.46. The molecule has 0 bridgehead atoms. The Morgan fingerprint density at radius 1 is 1.44 bits per heavy atom. The standard InChI is InChI=1S/C10H16N4OS/c1-12-9(15)7-8(11)13-16-10(7)14-5-3-2-4-6-14/h2-6H2,1H3,(H2,11,13)(H,12,15). The molecule has 1 fully saturated rings. The topological polar surface area (TPSA) is 71.2 Å². The minimum absolute atomic E-state index is 0.146. The molecule has 2 heterocycles. The number of nitrogens with zero attached hydrogens (tertiary/aromatic N) is 2. The van der Waals surface area contributed by atoms with Gasteiger partial charge in [-0.05, 0) is 30.8 Å². The van der Waals surface area contributed by atoms with Crippen molar-refractivity contribution in [3.05, 3.63) is 5.56 Å². The predicted octanol–water partition coefficient (Wildman–Crippen LogP) is 1.08. The average Bonchev–Trinajstić information content (AvgIpc) is 2.71. The maximum Gasteiger partial charge on any atom is 0.257 e. The zero-order chi connectivity index (χ0) is 11.5. The van der Waals surface area contributed by atoms with Crippen molar-refractivity contribution in [2.75, 3.05) is 30.8 Å². The highest BCUT2D eigenvalue weighted by molar-refractivity contribution is 7.11. The van der Waals surface area contributed by atoms with Gasteiger partial charge in [0.05, 0.1) is 0 Å². The summed E-state index contributed by atoms with van der Waals surface area (Å²) in [6.45, 7) is 1.98. The van der Waals surface area contributed by atoms with E-state index in [9.17, 15) is 4.79 Å². The second kappa shape index (κ2) is 4.69. The molecular formula is C10H16N4OS. The SMILES string of the molecule is CNC(=O)c1c(N)nsc1N1CCCCC1. The average molecular weight is 240 g/mol. The maximum absolute atomic E-state index is 11.7. The molecule has 16 heavy (non-hydrogen) atoms. The van der Waals surface area contributed by atoms with Crippen LogP contribution >= 0.6 is 11.5 Å². The lowest BCUT2D eigenvalue weighted by Crippen LogP contribution is -2.31. The second-order valence-electron chi connectivity index (χ2n) is 3.87. The molecule has 1 amide bonds. The third-order valence-corrected chi connectivity index (χ3v) is 3.72. The van der Waals surface area contributed by atoms with Crippen molar-refractivity contribution < 1.29 is 4.79 Å². The Bertz CT molecular complexity index is 384. The molecule has 1 aromatic rings. The molecule has 2 rings (SSSR count). The van der Waals surface area contributed by atoms with Crippen molar-refractivity contribution in [2.45, 2.75) is 19.3 Å². The van der Waals surface area contributed by atoms with Crippen LogP contribution in [0.2, 0.25) is 0 Å². The Hall–Kier alpha value is -1.30. The number of aromatic nitrogens is 1. The van der Waals surface area contributed by atoms with Crippen molar-refractivity contribution in [1.29, 1.82) is 0 Å². The van der Waals surface area contributed by atoms with Crippen LogP contribution in [-0.4, -0.2) is 30.4 Å². The van der Waals surface area contributed by atoms with Crippen LogP contribution < -0.4 is 16.0 Å². The minimum Gasteiger partial charge on any atom is -0.382 e. The minimum atomic E-state index is -0.146. The smallest absolute Gasteiger partial charge is 0.257 e. The summed E-state index contributed by atoms with van der Waals surface area (Å²) in [7, 11) is 1.61. The van der Waals surface area contributed by atoms with Gasteiger partial charge in [0.15, 0.2) is 5.82 Å². The van der Waals surface area contributed by atoms with E-state index in [0.29, 0.717) is 11.4 Å². The van der Waals surface area contributed by atoms with E-state index in [1.807, 2.05) is 0 Å². The molecule has 0 saturated carbocycles. The number of amides is 1. The van der Waals surface area contributed by atoms with Crippen LogP contribution in [0.4, 0.5) is 10.8 Å². The summed E-state index contributed by atoms with van der Waals surface area (Å²) < 4.78 is 4.08. The lowest BCUT2D eigenvalue weighted by molar-refractivity contribution is 0.0964. The Labute approximate surface area is 98.8 Å². The van der Waals surface area contributed by atoms with Gasteiger partial charge in [-0.3, -0.25) is 4.79 Å². The number of carbonyl (C=O) groups is 1. The predicted molar refractivity (Wildman–Crippen MR) is 66.0 cm³/mol. The third-order valence-electron chi connectivity index (χ3n) is 2.80. The summed E-state index contributed by atoms with van der Waals surface area (Å²) in [5, 5.41) is 3.52. The molecule has 88 valence electrons. The zero-order valence-corrected chi connectivity index (χ0v) is 10.1.